The first-order valence-corrected chi connectivity index (χ1v) is 6.22. The van der Waals surface area contributed by atoms with E-state index in [1.165, 1.54) is 24.0 Å². The van der Waals surface area contributed by atoms with Crippen molar-refractivity contribution in [3.63, 3.8) is 0 Å². The molecule has 0 aliphatic heterocycles. The van der Waals surface area contributed by atoms with Crippen molar-refractivity contribution in [2.45, 2.75) is 32.0 Å². The molecule has 2 nitrogen and oxygen atoms in total. The van der Waals surface area contributed by atoms with Crippen LogP contribution in [0.4, 0.5) is 0 Å². The highest BCUT2D eigenvalue weighted by Crippen LogP contribution is 2.20. The Morgan fingerprint density at radius 1 is 1.35 bits per heavy atom. The zero-order chi connectivity index (χ0) is 12.1. The van der Waals surface area contributed by atoms with Crippen molar-refractivity contribution in [3.05, 3.63) is 35.4 Å². The van der Waals surface area contributed by atoms with Crippen molar-refractivity contribution < 1.29 is 0 Å². The van der Waals surface area contributed by atoms with Gasteiger partial charge in [-0.15, -0.1) is 6.42 Å². The van der Waals surface area contributed by atoms with Gasteiger partial charge in [-0.25, -0.2) is 0 Å². The van der Waals surface area contributed by atoms with Crippen LogP contribution in [-0.4, -0.2) is 24.5 Å². The third kappa shape index (κ3) is 3.89. The van der Waals surface area contributed by atoms with Gasteiger partial charge in [0.25, 0.3) is 0 Å². The van der Waals surface area contributed by atoms with E-state index >= 15 is 0 Å². The van der Waals surface area contributed by atoms with Crippen LogP contribution in [0.5, 0.6) is 0 Å². The molecule has 17 heavy (non-hydrogen) atoms. The molecule has 1 aliphatic rings. The lowest BCUT2D eigenvalue weighted by atomic mass is 10.1. The van der Waals surface area contributed by atoms with Gasteiger partial charge in [-0.3, -0.25) is 4.90 Å². The Morgan fingerprint density at radius 3 is 2.71 bits per heavy atom. The molecule has 1 saturated carbocycles. The normalized spacial score (nSPS) is 14.9. The predicted molar refractivity (Wildman–Crippen MR) is 71.5 cm³/mol. The second-order valence-corrected chi connectivity index (χ2v) is 4.80. The maximum Gasteiger partial charge on any atom is 0.0599 e. The van der Waals surface area contributed by atoms with Crippen LogP contribution in [-0.2, 0) is 13.1 Å². The van der Waals surface area contributed by atoms with Crippen LogP contribution in [0.1, 0.15) is 24.0 Å². The SMILES string of the molecule is C#CCN(C)Cc1ccccc1CNC1CC1. The largest absolute Gasteiger partial charge is 0.310 e. The summed E-state index contributed by atoms with van der Waals surface area (Å²) >= 11 is 0. The van der Waals surface area contributed by atoms with Gasteiger partial charge < -0.3 is 5.32 Å². The molecule has 0 spiro atoms. The lowest BCUT2D eigenvalue weighted by Gasteiger charge is -2.16. The molecular weight excluding hydrogens is 208 g/mol. The summed E-state index contributed by atoms with van der Waals surface area (Å²) in [7, 11) is 2.06. The van der Waals surface area contributed by atoms with Gasteiger partial charge in [0.15, 0.2) is 0 Å². The maximum absolute atomic E-state index is 5.32. The molecule has 90 valence electrons. The van der Waals surface area contributed by atoms with E-state index in [-0.39, 0.29) is 0 Å². The number of benzene rings is 1. The van der Waals surface area contributed by atoms with Gasteiger partial charge in [0.05, 0.1) is 6.54 Å². The standard InChI is InChI=1S/C15H20N2/c1-3-10-17(2)12-14-7-5-4-6-13(14)11-16-15-8-9-15/h1,4-7,15-16H,8-12H2,2H3. The molecule has 1 aromatic rings. The molecular formula is C15H20N2. The minimum absolute atomic E-state index is 0.699. The first-order valence-electron chi connectivity index (χ1n) is 6.22. The van der Waals surface area contributed by atoms with Crippen LogP contribution >= 0.6 is 0 Å². The van der Waals surface area contributed by atoms with E-state index in [0.717, 1.165) is 19.1 Å². The summed E-state index contributed by atoms with van der Waals surface area (Å²) in [6, 6.07) is 9.35. The molecule has 0 atom stereocenters. The molecule has 0 radical (unpaired) electrons. The Kier molecular flexibility index (Phi) is 4.19. The molecule has 1 fully saturated rings. The number of terminal acetylenes is 1. The summed E-state index contributed by atoms with van der Waals surface area (Å²) in [5, 5.41) is 3.56. The van der Waals surface area contributed by atoms with E-state index in [2.05, 4.69) is 47.5 Å². The number of rotatable bonds is 6. The van der Waals surface area contributed by atoms with Crippen LogP contribution < -0.4 is 5.32 Å². The Labute approximate surface area is 104 Å². The van der Waals surface area contributed by atoms with Crippen LogP contribution in [0.15, 0.2) is 24.3 Å². The summed E-state index contributed by atoms with van der Waals surface area (Å²) in [6.45, 7) is 2.60. The molecule has 2 heteroatoms. The van der Waals surface area contributed by atoms with E-state index in [1.54, 1.807) is 0 Å². The molecule has 0 heterocycles. The fraction of sp³-hybridized carbons (Fsp3) is 0.467. The van der Waals surface area contributed by atoms with Crippen LogP contribution in [0, 0.1) is 12.3 Å². The van der Waals surface area contributed by atoms with E-state index < -0.39 is 0 Å². The van der Waals surface area contributed by atoms with Crippen molar-refractivity contribution in [1.82, 2.24) is 10.2 Å². The molecule has 1 N–H and O–H groups in total. The van der Waals surface area contributed by atoms with Gasteiger partial charge in [0.1, 0.15) is 0 Å². The average Bonchev–Trinajstić information content (AvgIpc) is 3.12. The van der Waals surface area contributed by atoms with Crippen molar-refractivity contribution in [3.8, 4) is 12.3 Å². The molecule has 0 unspecified atom stereocenters. The summed E-state index contributed by atoms with van der Waals surface area (Å²) in [4.78, 5) is 2.16. The third-order valence-corrected chi connectivity index (χ3v) is 3.08. The summed E-state index contributed by atoms with van der Waals surface area (Å²) in [5.41, 5.74) is 2.77. The van der Waals surface area contributed by atoms with Crippen molar-refractivity contribution in [2.24, 2.45) is 0 Å². The molecule has 0 aromatic heterocycles. The molecule has 0 amide bonds. The highest BCUT2D eigenvalue weighted by Gasteiger charge is 2.20. The van der Waals surface area contributed by atoms with E-state index in [4.69, 9.17) is 6.42 Å². The monoisotopic (exact) mass is 228 g/mol. The number of hydrogen-bond donors (Lipinski definition) is 1. The molecule has 1 aliphatic carbocycles. The topological polar surface area (TPSA) is 15.3 Å². The molecule has 0 saturated heterocycles. The highest BCUT2D eigenvalue weighted by atomic mass is 15.1. The van der Waals surface area contributed by atoms with Gasteiger partial charge in [-0.05, 0) is 31.0 Å². The Morgan fingerprint density at radius 2 is 2.06 bits per heavy atom. The predicted octanol–water partition coefficient (Wildman–Crippen LogP) is 2.00. The Balaban J connectivity index is 1.96. The maximum atomic E-state index is 5.32. The summed E-state index contributed by atoms with van der Waals surface area (Å²) in [6.07, 6.45) is 7.99. The fourth-order valence-corrected chi connectivity index (χ4v) is 1.93. The Bertz CT molecular complexity index is 402. The van der Waals surface area contributed by atoms with Crippen molar-refractivity contribution in [1.29, 1.82) is 0 Å². The van der Waals surface area contributed by atoms with Gasteiger partial charge in [-0.2, -0.15) is 0 Å². The fourth-order valence-electron chi connectivity index (χ4n) is 1.93. The molecule has 1 aromatic carbocycles. The van der Waals surface area contributed by atoms with Gasteiger partial charge in [0, 0.05) is 19.1 Å². The second kappa shape index (κ2) is 5.86. The highest BCUT2D eigenvalue weighted by molar-refractivity contribution is 5.27. The van der Waals surface area contributed by atoms with E-state index in [0.29, 0.717) is 6.54 Å². The zero-order valence-corrected chi connectivity index (χ0v) is 10.4. The number of nitrogens with one attached hydrogen (secondary N) is 1. The average molecular weight is 228 g/mol. The molecule has 2 rings (SSSR count). The minimum atomic E-state index is 0.699. The van der Waals surface area contributed by atoms with Gasteiger partial charge >= 0.3 is 0 Å². The Hall–Kier alpha value is -1.30. The first-order chi connectivity index (χ1) is 8.29. The second-order valence-electron chi connectivity index (χ2n) is 4.80. The van der Waals surface area contributed by atoms with Crippen LogP contribution in [0.3, 0.4) is 0 Å². The van der Waals surface area contributed by atoms with E-state index in [1.807, 2.05) is 0 Å². The smallest absolute Gasteiger partial charge is 0.0599 e. The van der Waals surface area contributed by atoms with Crippen molar-refractivity contribution >= 4 is 0 Å². The van der Waals surface area contributed by atoms with Crippen LogP contribution in [0.25, 0.3) is 0 Å². The summed E-state index contributed by atoms with van der Waals surface area (Å²) in [5.74, 6) is 2.68. The quantitative estimate of drug-likeness (QED) is 0.749. The zero-order valence-electron chi connectivity index (χ0n) is 10.4. The summed E-state index contributed by atoms with van der Waals surface area (Å²) < 4.78 is 0. The van der Waals surface area contributed by atoms with E-state index in [9.17, 15) is 0 Å². The minimum Gasteiger partial charge on any atom is -0.310 e. The number of nitrogens with zero attached hydrogens (tertiary/aromatic N) is 1. The first kappa shape index (κ1) is 12.2. The number of hydrogen-bond acceptors (Lipinski definition) is 2. The van der Waals surface area contributed by atoms with Gasteiger partial charge in [0.2, 0.25) is 0 Å². The van der Waals surface area contributed by atoms with Crippen LogP contribution in [0.2, 0.25) is 0 Å². The van der Waals surface area contributed by atoms with Gasteiger partial charge in [-0.1, -0.05) is 30.2 Å². The molecule has 0 bridgehead atoms. The van der Waals surface area contributed by atoms with Crippen molar-refractivity contribution in [2.75, 3.05) is 13.6 Å². The lowest BCUT2D eigenvalue weighted by molar-refractivity contribution is 0.367. The third-order valence-electron chi connectivity index (χ3n) is 3.08. The lowest BCUT2D eigenvalue weighted by Crippen LogP contribution is -2.21.